The summed E-state index contributed by atoms with van der Waals surface area (Å²) < 4.78 is 4.85. The molecule has 0 amide bonds. The second-order valence-corrected chi connectivity index (χ2v) is 2.84. The standard InChI is InChI=1S/C8H17ClN2O2/c1-2-13-8(12)7(11-6-9)4-3-5-10/h7,11H,2-6,10H2,1H3/t7-/m0/s1. The molecule has 0 saturated heterocycles. The minimum Gasteiger partial charge on any atom is -0.465 e. The zero-order valence-electron chi connectivity index (χ0n) is 7.88. The lowest BCUT2D eigenvalue weighted by atomic mass is 10.1. The molecule has 1 atom stereocenters. The SMILES string of the molecule is CCOC(=O)[C@H](CCCN)NCCl. The minimum atomic E-state index is -0.319. The molecule has 0 aromatic rings. The van der Waals surface area contributed by atoms with E-state index in [9.17, 15) is 4.79 Å². The van der Waals surface area contributed by atoms with E-state index in [0.29, 0.717) is 19.6 Å². The predicted molar refractivity (Wildman–Crippen MR) is 52.6 cm³/mol. The van der Waals surface area contributed by atoms with E-state index in [4.69, 9.17) is 22.1 Å². The molecule has 0 aliphatic heterocycles. The second kappa shape index (κ2) is 8.29. The van der Waals surface area contributed by atoms with Crippen molar-refractivity contribution in [3.63, 3.8) is 0 Å². The summed E-state index contributed by atoms with van der Waals surface area (Å²) in [5.41, 5.74) is 5.33. The van der Waals surface area contributed by atoms with Crippen LogP contribution in [0.1, 0.15) is 19.8 Å². The van der Waals surface area contributed by atoms with Gasteiger partial charge in [-0.25, -0.2) is 0 Å². The number of nitrogens with two attached hydrogens (primary N) is 1. The Kier molecular flexibility index (Phi) is 8.08. The molecule has 78 valence electrons. The average molecular weight is 209 g/mol. The number of nitrogens with one attached hydrogen (secondary N) is 1. The number of alkyl halides is 1. The first-order chi connectivity index (χ1) is 6.26. The fourth-order valence-corrected chi connectivity index (χ4v) is 1.15. The molecule has 5 heteroatoms. The number of esters is 1. The molecule has 0 aliphatic rings. The van der Waals surface area contributed by atoms with E-state index in [1.54, 1.807) is 6.92 Å². The number of hydrogen-bond donors (Lipinski definition) is 2. The summed E-state index contributed by atoms with van der Waals surface area (Å²) in [4.78, 5) is 11.3. The highest BCUT2D eigenvalue weighted by molar-refractivity contribution is 6.17. The first kappa shape index (κ1) is 12.7. The Morgan fingerprint density at radius 1 is 1.69 bits per heavy atom. The molecule has 3 N–H and O–H groups in total. The third kappa shape index (κ3) is 5.85. The van der Waals surface area contributed by atoms with Crippen molar-refractivity contribution < 1.29 is 9.53 Å². The molecule has 0 saturated carbocycles. The van der Waals surface area contributed by atoms with E-state index in [1.807, 2.05) is 0 Å². The van der Waals surface area contributed by atoms with Gasteiger partial charge in [0.1, 0.15) is 6.04 Å². The van der Waals surface area contributed by atoms with E-state index in [0.717, 1.165) is 6.42 Å². The normalized spacial score (nSPS) is 12.5. The average Bonchev–Trinajstić information content (AvgIpc) is 2.12. The first-order valence-corrected chi connectivity index (χ1v) is 4.95. The van der Waals surface area contributed by atoms with Crippen LogP contribution in [0.4, 0.5) is 0 Å². The molecule has 0 rings (SSSR count). The monoisotopic (exact) mass is 208 g/mol. The van der Waals surface area contributed by atoms with Gasteiger partial charge < -0.3 is 10.5 Å². The summed E-state index contributed by atoms with van der Waals surface area (Å²) in [6.45, 7) is 2.74. The summed E-state index contributed by atoms with van der Waals surface area (Å²) in [6.07, 6.45) is 1.45. The van der Waals surface area contributed by atoms with E-state index >= 15 is 0 Å². The Labute approximate surface area is 83.8 Å². The van der Waals surface area contributed by atoms with Crippen LogP contribution in [-0.2, 0) is 9.53 Å². The summed E-state index contributed by atoms with van der Waals surface area (Å²) in [7, 11) is 0. The Morgan fingerprint density at radius 3 is 2.85 bits per heavy atom. The van der Waals surface area contributed by atoms with Gasteiger partial charge in [-0.05, 0) is 26.3 Å². The molecule has 0 bridgehead atoms. The lowest BCUT2D eigenvalue weighted by molar-refractivity contribution is -0.145. The zero-order chi connectivity index (χ0) is 10.1. The van der Waals surface area contributed by atoms with Gasteiger partial charge in [0.2, 0.25) is 0 Å². The first-order valence-electron chi connectivity index (χ1n) is 4.42. The maximum atomic E-state index is 11.3. The molecular formula is C8H17ClN2O2. The molecule has 13 heavy (non-hydrogen) atoms. The third-order valence-corrected chi connectivity index (χ3v) is 1.75. The number of halogens is 1. The van der Waals surface area contributed by atoms with Gasteiger partial charge in [0, 0.05) is 0 Å². The van der Waals surface area contributed by atoms with E-state index in [1.165, 1.54) is 0 Å². The van der Waals surface area contributed by atoms with Crippen LogP contribution in [0, 0.1) is 0 Å². The van der Waals surface area contributed by atoms with Crippen molar-refractivity contribution in [3.05, 3.63) is 0 Å². The van der Waals surface area contributed by atoms with Gasteiger partial charge in [0.15, 0.2) is 0 Å². The van der Waals surface area contributed by atoms with Gasteiger partial charge in [-0.2, -0.15) is 0 Å². The minimum absolute atomic E-state index is 0.244. The lowest BCUT2D eigenvalue weighted by Gasteiger charge is -2.14. The van der Waals surface area contributed by atoms with Gasteiger partial charge in [-0.3, -0.25) is 10.1 Å². The zero-order valence-corrected chi connectivity index (χ0v) is 8.64. The Balaban J connectivity index is 3.83. The number of carbonyl (C=O) groups is 1. The molecule has 0 spiro atoms. The number of rotatable bonds is 7. The van der Waals surface area contributed by atoms with Gasteiger partial charge in [-0.1, -0.05) is 0 Å². The van der Waals surface area contributed by atoms with Gasteiger partial charge in [0.05, 0.1) is 12.6 Å². The highest BCUT2D eigenvalue weighted by Gasteiger charge is 2.17. The summed E-state index contributed by atoms with van der Waals surface area (Å²) in [5, 5.41) is 2.84. The topological polar surface area (TPSA) is 64.3 Å². The third-order valence-electron chi connectivity index (χ3n) is 1.59. The van der Waals surface area contributed by atoms with Crippen molar-refractivity contribution >= 4 is 17.6 Å². The Hall–Kier alpha value is -0.320. The Bertz CT molecular complexity index is 144. The van der Waals surface area contributed by atoms with Crippen molar-refractivity contribution in [1.82, 2.24) is 5.32 Å². The fraction of sp³-hybridized carbons (Fsp3) is 0.875. The highest BCUT2D eigenvalue weighted by atomic mass is 35.5. The van der Waals surface area contributed by atoms with Gasteiger partial charge in [-0.15, -0.1) is 11.6 Å². The van der Waals surface area contributed by atoms with Gasteiger partial charge in [0.25, 0.3) is 0 Å². The van der Waals surface area contributed by atoms with E-state index < -0.39 is 0 Å². The van der Waals surface area contributed by atoms with E-state index in [2.05, 4.69) is 5.32 Å². The maximum absolute atomic E-state index is 11.3. The van der Waals surface area contributed by atoms with Crippen molar-refractivity contribution in [2.75, 3.05) is 19.2 Å². The highest BCUT2D eigenvalue weighted by Crippen LogP contribution is 1.99. The van der Waals surface area contributed by atoms with Crippen molar-refractivity contribution in [3.8, 4) is 0 Å². The summed E-state index contributed by atoms with van der Waals surface area (Å²) in [6, 6.07) is -0.0744. The molecule has 0 aliphatic carbocycles. The number of carbonyl (C=O) groups excluding carboxylic acids is 1. The van der Waals surface area contributed by atoms with Crippen LogP contribution in [-0.4, -0.2) is 31.2 Å². The smallest absolute Gasteiger partial charge is 0.323 e. The van der Waals surface area contributed by atoms with Crippen LogP contribution < -0.4 is 11.1 Å². The molecule has 0 aromatic heterocycles. The summed E-state index contributed by atoms with van der Waals surface area (Å²) in [5.74, 6) is -0.253. The summed E-state index contributed by atoms with van der Waals surface area (Å²) >= 11 is 5.47. The molecule has 0 radical (unpaired) electrons. The van der Waals surface area contributed by atoms with Crippen molar-refractivity contribution in [1.29, 1.82) is 0 Å². The number of ether oxygens (including phenoxy) is 1. The van der Waals surface area contributed by atoms with Crippen LogP contribution >= 0.6 is 11.6 Å². The van der Waals surface area contributed by atoms with Crippen molar-refractivity contribution in [2.24, 2.45) is 5.73 Å². The van der Waals surface area contributed by atoms with Crippen molar-refractivity contribution in [2.45, 2.75) is 25.8 Å². The Morgan fingerprint density at radius 2 is 2.38 bits per heavy atom. The predicted octanol–water partition coefficient (Wildman–Crippen LogP) is 0.443. The second-order valence-electron chi connectivity index (χ2n) is 2.57. The molecule has 4 nitrogen and oxygen atoms in total. The molecule has 0 unspecified atom stereocenters. The van der Waals surface area contributed by atoms with Crippen LogP contribution in [0.3, 0.4) is 0 Å². The van der Waals surface area contributed by atoms with Crippen LogP contribution in [0.2, 0.25) is 0 Å². The molecule has 0 fully saturated rings. The van der Waals surface area contributed by atoms with Crippen LogP contribution in [0.25, 0.3) is 0 Å². The molecule has 0 heterocycles. The largest absolute Gasteiger partial charge is 0.465 e. The van der Waals surface area contributed by atoms with Crippen LogP contribution in [0.15, 0.2) is 0 Å². The fourth-order valence-electron chi connectivity index (χ4n) is 0.961. The van der Waals surface area contributed by atoms with E-state index in [-0.39, 0.29) is 18.0 Å². The maximum Gasteiger partial charge on any atom is 0.323 e. The van der Waals surface area contributed by atoms with Crippen LogP contribution in [0.5, 0.6) is 0 Å². The lowest BCUT2D eigenvalue weighted by Crippen LogP contribution is -2.37. The molecule has 0 aromatic carbocycles. The molecular weight excluding hydrogens is 192 g/mol. The number of hydrogen-bond acceptors (Lipinski definition) is 4. The quantitative estimate of drug-likeness (QED) is 0.362. The van der Waals surface area contributed by atoms with Gasteiger partial charge >= 0.3 is 5.97 Å².